The Kier molecular flexibility index (Phi) is 5.92. The first-order chi connectivity index (χ1) is 13.2. The van der Waals surface area contributed by atoms with E-state index in [2.05, 4.69) is 89.1 Å². The van der Waals surface area contributed by atoms with Crippen molar-refractivity contribution in [3.8, 4) is 0 Å². The monoisotopic (exact) mass is 414 g/mol. The molecule has 0 bridgehead atoms. The van der Waals surface area contributed by atoms with E-state index in [0.717, 1.165) is 27.9 Å². The quantitative estimate of drug-likeness (QED) is 0.336. The van der Waals surface area contributed by atoms with Crippen molar-refractivity contribution in [1.82, 2.24) is 4.98 Å². The van der Waals surface area contributed by atoms with Crippen molar-refractivity contribution in [1.29, 1.82) is 0 Å². The van der Waals surface area contributed by atoms with Crippen LogP contribution in [0.5, 0.6) is 0 Å². The summed E-state index contributed by atoms with van der Waals surface area (Å²) in [6.07, 6.45) is 0. The Hall–Kier alpha value is -1.78. The molecule has 3 nitrogen and oxygen atoms in total. The largest absolute Gasteiger partial charge is 0.462 e. The number of anilines is 2. The summed E-state index contributed by atoms with van der Waals surface area (Å²) in [5, 5.41) is 5.07. The number of hydrogen-bond acceptors (Lipinski definition) is 3. The maximum absolute atomic E-state index is 6.58. The van der Waals surface area contributed by atoms with Gasteiger partial charge >= 0.3 is 0 Å². The lowest BCUT2D eigenvalue weighted by Gasteiger charge is -2.40. The number of nitrogens with zero attached hydrogens (tertiary/aromatic N) is 1. The molecule has 0 aliphatic carbocycles. The third-order valence-corrected chi connectivity index (χ3v) is 13.1. The predicted octanol–water partition coefficient (Wildman–Crippen LogP) is 7.42. The number of benzene rings is 1. The number of aromatic nitrogens is 1. The van der Waals surface area contributed by atoms with Crippen molar-refractivity contribution in [3.63, 3.8) is 0 Å². The second-order valence-electron chi connectivity index (χ2n) is 8.71. The van der Waals surface area contributed by atoms with Gasteiger partial charge in [-0.2, -0.15) is 0 Å². The zero-order chi connectivity index (χ0) is 20.6. The molecule has 1 aromatic carbocycles. The van der Waals surface area contributed by atoms with Crippen molar-refractivity contribution in [2.24, 2.45) is 0 Å². The summed E-state index contributed by atoms with van der Waals surface area (Å²) in [5.41, 5.74) is 6.42. The summed E-state index contributed by atoms with van der Waals surface area (Å²) in [5.74, 6) is 0. The maximum Gasteiger partial charge on any atom is 0.175 e. The average Bonchev–Trinajstić information content (AvgIpc) is 3.00. The fraction of sp³-hybridized carbons (Fsp3) is 0.435. The van der Waals surface area contributed by atoms with E-state index in [1.807, 2.05) is 6.07 Å². The lowest BCUT2D eigenvalue weighted by atomic mass is 10.2. The van der Waals surface area contributed by atoms with E-state index in [-0.39, 0.29) is 0 Å². The van der Waals surface area contributed by atoms with E-state index in [4.69, 9.17) is 16.0 Å². The predicted molar refractivity (Wildman–Crippen MR) is 124 cm³/mol. The number of nitrogens with one attached hydrogen (secondary N) is 1. The Balaban J connectivity index is 2.16. The molecule has 150 valence electrons. The second-order valence-corrected chi connectivity index (χ2v) is 14.9. The fourth-order valence-electron chi connectivity index (χ4n) is 4.94. The number of rotatable bonds is 6. The SMILES string of the molecule is Cc1ccc(Nc2cc(Cl)nc3cc([Si](C(C)C)(C(C)C)C(C)C)oc23)cc1. The molecule has 0 atom stereocenters. The van der Waals surface area contributed by atoms with Gasteiger partial charge in [-0.05, 0) is 35.7 Å². The van der Waals surface area contributed by atoms with E-state index < -0.39 is 8.07 Å². The average molecular weight is 415 g/mol. The number of aryl methyl sites for hydroxylation is 1. The summed E-state index contributed by atoms with van der Waals surface area (Å²) in [4.78, 5) is 4.56. The molecule has 2 aromatic heterocycles. The lowest BCUT2D eigenvalue weighted by Crippen LogP contribution is -2.55. The van der Waals surface area contributed by atoms with Crippen LogP contribution in [0.1, 0.15) is 47.1 Å². The van der Waals surface area contributed by atoms with Gasteiger partial charge in [-0.3, -0.25) is 0 Å². The fourth-order valence-corrected chi connectivity index (χ4v) is 11.5. The number of fused-ring (bicyclic) bond motifs is 1. The summed E-state index contributed by atoms with van der Waals surface area (Å²) in [6.45, 7) is 16.1. The van der Waals surface area contributed by atoms with Gasteiger partial charge in [-0.1, -0.05) is 70.8 Å². The Morgan fingerprint density at radius 2 is 1.50 bits per heavy atom. The lowest BCUT2D eigenvalue weighted by molar-refractivity contribution is 0.634. The number of furan rings is 1. The molecule has 0 spiro atoms. The topological polar surface area (TPSA) is 38.1 Å². The van der Waals surface area contributed by atoms with Gasteiger partial charge in [-0.25, -0.2) is 4.98 Å². The molecule has 0 aliphatic heterocycles. The minimum atomic E-state index is -1.90. The van der Waals surface area contributed by atoms with Crippen LogP contribution in [0.3, 0.4) is 0 Å². The van der Waals surface area contributed by atoms with Crippen LogP contribution in [0, 0.1) is 6.92 Å². The number of halogens is 1. The summed E-state index contributed by atoms with van der Waals surface area (Å²) in [7, 11) is -1.90. The van der Waals surface area contributed by atoms with Crippen LogP contribution in [-0.2, 0) is 0 Å². The molecule has 0 saturated heterocycles. The molecule has 0 amide bonds. The Morgan fingerprint density at radius 1 is 0.929 bits per heavy atom. The molecular formula is C23H31ClN2OSi. The van der Waals surface area contributed by atoms with Crippen LogP contribution in [0.4, 0.5) is 11.4 Å². The smallest absolute Gasteiger partial charge is 0.175 e. The highest BCUT2D eigenvalue weighted by molar-refractivity contribution is 6.94. The van der Waals surface area contributed by atoms with E-state index in [1.165, 1.54) is 5.56 Å². The standard InChI is InChI=1S/C23H31ClN2OSi/c1-14(2)28(15(3)4,16(5)6)22-13-20-23(27-22)19(12-21(24)26-20)25-18-10-8-17(7)9-11-18/h8-16H,1-7H3,(H,25,26). The van der Waals surface area contributed by atoms with Crippen molar-refractivity contribution in [2.75, 3.05) is 5.32 Å². The Bertz CT molecular complexity index is 939. The van der Waals surface area contributed by atoms with Gasteiger partial charge in [-0.15, -0.1) is 0 Å². The highest BCUT2D eigenvalue weighted by Gasteiger charge is 2.47. The zero-order valence-corrected chi connectivity index (χ0v) is 19.7. The molecule has 1 N–H and O–H groups in total. The van der Waals surface area contributed by atoms with Crippen molar-refractivity contribution < 1.29 is 4.42 Å². The molecule has 2 heterocycles. The van der Waals surface area contributed by atoms with E-state index >= 15 is 0 Å². The van der Waals surface area contributed by atoms with Gasteiger partial charge in [0.15, 0.2) is 5.58 Å². The molecule has 3 aromatic rings. The van der Waals surface area contributed by atoms with Gasteiger partial charge in [0.1, 0.15) is 18.7 Å². The van der Waals surface area contributed by atoms with Gasteiger partial charge < -0.3 is 9.73 Å². The van der Waals surface area contributed by atoms with Gasteiger partial charge in [0.25, 0.3) is 0 Å². The van der Waals surface area contributed by atoms with Gasteiger partial charge in [0.2, 0.25) is 0 Å². The summed E-state index contributed by atoms with van der Waals surface area (Å²) in [6, 6.07) is 12.3. The van der Waals surface area contributed by atoms with Crippen LogP contribution >= 0.6 is 11.6 Å². The van der Waals surface area contributed by atoms with Crippen LogP contribution < -0.4 is 10.7 Å². The first kappa shape index (κ1) is 20.9. The molecule has 0 aliphatic rings. The third kappa shape index (κ3) is 3.60. The highest BCUT2D eigenvalue weighted by Crippen LogP contribution is 2.42. The Morgan fingerprint density at radius 3 is 2.04 bits per heavy atom. The summed E-state index contributed by atoms with van der Waals surface area (Å²) >= 11 is 6.34. The number of hydrogen-bond donors (Lipinski definition) is 1. The van der Waals surface area contributed by atoms with Crippen molar-refractivity contribution >= 4 is 47.5 Å². The van der Waals surface area contributed by atoms with Crippen LogP contribution in [-0.4, -0.2) is 13.1 Å². The van der Waals surface area contributed by atoms with Crippen molar-refractivity contribution in [2.45, 2.75) is 65.1 Å². The second kappa shape index (κ2) is 7.92. The zero-order valence-electron chi connectivity index (χ0n) is 17.9. The molecule has 28 heavy (non-hydrogen) atoms. The molecule has 0 saturated carbocycles. The van der Waals surface area contributed by atoms with Gasteiger partial charge in [0, 0.05) is 17.8 Å². The summed E-state index contributed by atoms with van der Waals surface area (Å²) < 4.78 is 6.58. The van der Waals surface area contributed by atoms with E-state index in [1.54, 1.807) is 0 Å². The van der Waals surface area contributed by atoms with Crippen molar-refractivity contribution in [3.05, 3.63) is 47.1 Å². The minimum absolute atomic E-state index is 0.473. The number of pyridine rings is 1. The molecule has 3 rings (SSSR count). The minimum Gasteiger partial charge on any atom is -0.462 e. The molecule has 0 fully saturated rings. The maximum atomic E-state index is 6.58. The Labute approximate surface area is 174 Å². The first-order valence-electron chi connectivity index (χ1n) is 10.1. The molecular weight excluding hydrogens is 384 g/mol. The highest BCUT2D eigenvalue weighted by atomic mass is 35.5. The molecule has 0 radical (unpaired) electrons. The molecule has 5 heteroatoms. The normalized spacial score (nSPS) is 12.5. The van der Waals surface area contributed by atoms with E-state index in [9.17, 15) is 0 Å². The molecule has 0 unspecified atom stereocenters. The first-order valence-corrected chi connectivity index (χ1v) is 12.7. The van der Waals surface area contributed by atoms with Crippen LogP contribution in [0.15, 0.2) is 40.8 Å². The van der Waals surface area contributed by atoms with Crippen LogP contribution in [0.25, 0.3) is 11.1 Å². The third-order valence-electron chi connectivity index (χ3n) is 6.07. The van der Waals surface area contributed by atoms with E-state index in [0.29, 0.717) is 21.8 Å². The van der Waals surface area contributed by atoms with Crippen LogP contribution in [0.2, 0.25) is 21.8 Å². The van der Waals surface area contributed by atoms with Gasteiger partial charge in [0.05, 0.1) is 11.1 Å².